The number of hydrogen-bond acceptors (Lipinski definition) is 6. The zero-order valence-corrected chi connectivity index (χ0v) is 15.1. The average Bonchev–Trinajstić information content (AvgIpc) is 3.08. The van der Waals surface area contributed by atoms with Crippen molar-refractivity contribution < 1.29 is 23.9 Å². The van der Waals surface area contributed by atoms with Crippen LogP contribution in [0, 0.1) is 5.92 Å². The molecule has 8 nitrogen and oxygen atoms in total. The van der Waals surface area contributed by atoms with Crippen LogP contribution in [0.3, 0.4) is 0 Å². The number of amides is 2. The standard InChI is InChI=1S/C19H23N3O5/c23-16(14-1-7-20-8-2-14)21-9-3-15(4-10-21)17(24)22-11-5-19(6-12-22)13-26-18(25)27-19/h1-2,7-8,15H,3-6,9-13H2. The van der Waals surface area contributed by atoms with Gasteiger partial charge in [0, 0.05) is 62.9 Å². The summed E-state index contributed by atoms with van der Waals surface area (Å²) in [7, 11) is 0. The van der Waals surface area contributed by atoms with Gasteiger partial charge in [0.2, 0.25) is 5.91 Å². The summed E-state index contributed by atoms with van der Waals surface area (Å²) in [4.78, 5) is 44.1. The predicted molar refractivity (Wildman–Crippen MR) is 93.8 cm³/mol. The molecule has 0 bridgehead atoms. The Morgan fingerprint density at radius 1 is 1.04 bits per heavy atom. The third kappa shape index (κ3) is 3.61. The molecule has 0 atom stereocenters. The maximum Gasteiger partial charge on any atom is 0.509 e. The highest BCUT2D eigenvalue weighted by atomic mass is 16.8. The fourth-order valence-electron chi connectivity index (χ4n) is 4.07. The molecule has 0 aromatic carbocycles. The molecule has 1 spiro atoms. The Kier molecular flexibility index (Phi) is 4.72. The van der Waals surface area contributed by atoms with Crippen LogP contribution in [0.2, 0.25) is 0 Å². The molecule has 0 saturated carbocycles. The summed E-state index contributed by atoms with van der Waals surface area (Å²) >= 11 is 0. The highest BCUT2D eigenvalue weighted by Gasteiger charge is 2.46. The number of aromatic nitrogens is 1. The van der Waals surface area contributed by atoms with Crippen molar-refractivity contribution in [3.8, 4) is 0 Å². The quantitative estimate of drug-likeness (QED) is 0.729. The van der Waals surface area contributed by atoms with Crippen LogP contribution in [-0.4, -0.2) is 71.1 Å². The lowest BCUT2D eigenvalue weighted by Gasteiger charge is -2.39. The summed E-state index contributed by atoms with van der Waals surface area (Å²) in [6.45, 7) is 2.60. The predicted octanol–water partition coefficient (Wildman–Crippen LogP) is 1.46. The first-order valence-electron chi connectivity index (χ1n) is 9.40. The Balaban J connectivity index is 1.28. The van der Waals surface area contributed by atoms with Gasteiger partial charge in [-0.15, -0.1) is 0 Å². The van der Waals surface area contributed by atoms with Gasteiger partial charge in [0.25, 0.3) is 5.91 Å². The largest absolute Gasteiger partial charge is 0.509 e. The van der Waals surface area contributed by atoms with E-state index in [0.717, 1.165) is 0 Å². The summed E-state index contributed by atoms with van der Waals surface area (Å²) in [5, 5.41) is 0. The second-order valence-corrected chi connectivity index (χ2v) is 7.45. The van der Waals surface area contributed by atoms with E-state index in [1.807, 2.05) is 4.90 Å². The number of ether oxygens (including phenoxy) is 2. The normalized spacial score (nSPS) is 22.4. The van der Waals surface area contributed by atoms with Gasteiger partial charge in [-0.25, -0.2) is 4.79 Å². The lowest BCUT2D eigenvalue weighted by molar-refractivity contribution is -0.140. The molecular weight excluding hydrogens is 350 g/mol. The van der Waals surface area contributed by atoms with Gasteiger partial charge in [-0.1, -0.05) is 0 Å². The molecule has 0 unspecified atom stereocenters. The molecule has 144 valence electrons. The van der Waals surface area contributed by atoms with Crippen molar-refractivity contribution in [1.29, 1.82) is 0 Å². The molecule has 27 heavy (non-hydrogen) atoms. The van der Waals surface area contributed by atoms with Crippen LogP contribution in [0.5, 0.6) is 0 Å². The molecular formula is C19H23N3O5. The molecule has 4 rings (SSSR count). The van der Waals surface area contributed by atoms with E-state index in [4.69, 9.17) is 9.47 Å². The summed E-state index contributed by atoms with van der Waals surface area (Å²) in [6, 6.07) is 3.42. The van der Waals surface area contributed by atoms with Crippen molar-refractivity contribution in [2.24, 2.45) is 5.92 Å². The van der Waals surface area contributed by atoms with E-state index in [0.29, 0.717) is 57.4 Å². The number of cyclic esters (lactones) is 1. The molecule has 3 aliphatic rings. The Bertz CT molecular complexity index is 722. The molecule has 0 radical (unpaired) electrons. The van der Waals surface area contributed by atoms with Crippen LogP contribution in [0.1, 0.15) is 36.0 Å². The molecule has 1 aromatic heterocycles. The second kappa shape index (κ2) is 7.17. The number of likely N-dealkylation sites (tertiary alicyclic amines) is 2. The Hall–Kier alpha value is -2.64. The first-order chi connectivity index (χ1) is 13.1. The summed E-state index contributed by atoms with van der Waals surface area (Å²) in [5.74, 6) is 0.0836. The Morgan fingerprint density at radius 3 is 2.30 bits per heavy atom. The third-order valence-electron chi connectivity index (χ3n) is 5.80. The monoisotopic (exact) mass is 373 g/mol. The molecule has 3 fully saturated rings. The molecule has 8 heteroatoms. The smallest absolute Gasteiger partial charge is 0.430 e. The van der Waals surface area contributed by atoms with E-state index in [9.17, 15) is 14.4 Å². The summed E-state index contributed by atoms with van der Waals surface area (Å²) in [5.41, 5.74) is 0.0817. The lowest BCUT2D eigenvalue weighted by atomic mass is 9.89. The van der Waals surface area contributed by atoms with Crippen LogP contribution < -0.4 is 0 Å². The van der Waals surface area contributed by atoms with Gasteiger partial charge in [-0.05, 0) is 25.0 Å². The average molecular weight is 373 g/mol. The van der Waals surface area contributed by atoms with Crippen molar-refractivity contribution in [3.05, 3.63) is 30.1 Å². The Labute approximate surface area is 157 Å². The van der Waals surface area contributed by atoms with Crippen LogP contribution in [0.25, 0.3) is 0 Å². The Morgan fingerprint density at radius 2 is 1.70 bits per heavy atom. The number of nitrogens with zero attached hydrogens (tertiary/aromatic N) is 3. The maximum absolute atomic E-state index is 12.8. The lowest BCUT2D eigenvalue weighted by Crippen LogP contribution is -2.51. The number of carbonyl (C=O) groups excluding carboxylic acids is 3. The first kappa shape index (κ1) is 17.8. The second-order valence-electron chi connectivity index (χ2n) is 7.45. The zero-order valence-electron chi connectivity index (χ0n) is 15.1. The fourth-order valence-corrected chi connectivity index (χ4v) is 4.07. The van der Waals surface area contributed by atoms with Gasteiger partial charge in [0.05, 0.1) is 0 Å². The highest BCUT2D eigenvalue weighted by molar-refractivity contribution is 5.94. The number of pyridine rings is 1. The van der Waals surface area contributed by atoms with Gasteiger partial charge in [-0.3, -0.25) is 14.6 Å². The highest BCUT2D eigenvalue weighted by Crippen LogP contribution is 2.33. The fraction of sp³-hybridized carbons (Fsp3) is 0.579. The van der Waals surface area contributed by atoms with Gasteiger partial charge in [0.1, 0.15) is 6.61 Å². The minimum Gasteiger partial charge on any atom is -0.430 e. The van der Waals surface area contributed by atoms with Gasteiger partial charge in [-0.2, -0.15) is 0 Å². The molecule has 2 amide bonds. The van der Waals surface area contributed by atoms with Gasteiger partial charge < -0.3 is 19.3 Å². The molecule has 0 N–H and O–H groups in total. The number of rotatable bonds is 2. The molecule has 0 aliphatic carbocycles. The van der Waals surface area contributed by atoms with E-state index in [2.05, 4.69) is 4.98 Å². The van der Waals surface area contributed by atoms with Gasteiger partial charge >= 0.3 is 6.16 Å². The summed E-state index contributed by atoms with van der Waals surface area (Å²) < 4.78 is 10.2. The van der Waals surface area contributed by atoms with Crippen molar-refractivity contribution in [2.45, 2.75) is 31.3 Å². The third-order valence-corrected chi connectivity index (χ3v) is 5.80. The molecule has 3 aliphatic heterocycles. The van der Waals surface area contributed by atoms with Crippen molar-refractivity contribution in [2.75, 3.05) is 32.8 Å². The van der Waals surface area contributed by atoms with Crippen LogP contribution in [0.15, 0.2) is 24.5 Å². The minimum atomic E-state index is -0.610. The summed E-state index contributed by atoms with van der Waals surface area (Å²) in [6.07, 6.45) is 5.19. The van der Waals surface area contributed by atoms with Crippen LogP contribution >= 0.6 is 0 Å². The van der Waals surface area contributed by atoms with E-state index < -0.39 is 11.8 Å². The SMILES string of the molecule is O=C1OCC2(CCN(C(=O)C3CCN(C(=O)c4ccncc4)CC3)CC2)O1. The van der Waals surface area contributed by atoms with Crippen LogP contribution in [-0.2, 0) is 14.3 Å². The van der Waals surface area contributed by atoms with Crippen molar-refractivity contribution in [3.63, 3.8) is 0 Å². The van der Waals surface area contributed by atoms with Crippen LogP contribution in [0.4, 0.5) is 4.79 Å². The van der Waals surface area contributed by atoms with Crippen molar-refractivity contribution >= 4 is 18.0 Å². The first-order valence-corrected chi connectivity index (χ1v) is 9.40. The zero-order chi connectivity index (χ0) is 18.9. The number of piperidine rings is 2. The van der Waals surface area contributed by atoms with Crippen molar-refractivity contribution in [1.82, 2.24) is 14.8 Å². The molecule has 3 saturated heterocycles. The van der Waals surface area contributed by atoms with E-state index in [1.54, 1.807) is 29.4 Å². The molecule has 4 heterocycles. The van der Waals surface area contributed by atoms with E-state index in [-0.39, 0.29) is 24.3 Å². The topological polar surface area (TPSA) is 89.0 Å². The van der Waals surface area contributed by atoms with E-state index >= 15 is 0 Å². The molecule has 1 aromatic rings. The number of carbonyl (C=O) groups is 3. The van der Waals surface area contributed by atoms with E-state index in [1.165, 1.54) is 0 Å². The maximum atomic E-state index is 12.8. The van der Waals surface area contributed by atoms with Gasteiger partial charge in [0.15, 0.2) is 5.60 Å². The number of hydrogen-bond donors (Lipinski definition) is 0. The minimum absolute atomic E-state index is 0.00809.